The summed E-state index contributed by atoms with van der Waals surface area (Å²) in [6, 6.07) is 2.19. The molecule has 0 fully saturated rings. The van der Waals surface area contributed by atoms with E-state index in [-0.39, 0.29) is 7.30 Å². The molecule has 16 heavy (non-hydrogen) atoms. The van der Waals surface area contributed by atoms with Gasteiger partial charge < -0.3 is 0 Å². The lowest BCUT2D eigenvalue weighted by Gasteiger charge is -2.14. The summed E-state index contributed by atoms with van der Waals surface area (Å²) in [4.78, 5) is 7.11. The molecule has 1 aromatic rings. The van der Waals surface area contributed by atoms with Crippen LogP contribution in [0.4, 0.5) is 0 Å². The molecule has 2 rings (SSSR count). The molecule has 0 saturated carbocycles. The monoisotopic (exact) mass is 290 g/mol. The fourth-order valence-corrected chi connectivity index (χ4v) is 5.64. The first-order valence-electron chi connectivity index (χ1n) is 5.46. The van der Waals surface area contributed by atoms with Gasteiger partial charge in [-0.05, 0) is 37.5 Å². The van der Waals surface area contributed by atoms with Crippen molar-refractivity contribution in [2.24, 2.45) is 0 Å². The third-order valence-electron chi connectivity index (χ3n) is 2.81. The Bertz CT molecular complexity index is 372. The molecule has 0 bridgehead atoms. The van der Waals surface area contributed by atoms with E-state index >= 15 is 0 Å². The summed E-state index contributed by atoms with van der Waals surface area (Å²) in [5.41, 5.74) is 4.35. The summed E-state index contributed by atoms with van der Waals surface area (Å²) in [5.74, 6) is 0. The van der Waals surface area contributed by atoms with Gasteiger partial charge in [-0.2, -0.15) is 0 Å². The van der Waals surface area contributed by atoms with Crippen LogP contribution in [0.5, 0.6) is 0 Å². The quantitative estimate of drug-likeness (QED) is 0.792. The SMILES string of the molecule is CCCN1Cc2ccnc(P(P)PP)c2C1. The first kappa shape index (κ1) is 13.3. The number of hydrogen-bond donors (Lipinski definition) is 0. The van der Waals surface area contributed by atoms with E-state index in [1.807, 2.05) is 6.20 Å². The van der Waals surface area contributed by atoms with E-state index < -0.39 is 0 Å². The molecule has 1 aromatic heterocycles. The highest BCUT2D eigenvalue weighted by Crippen LogP contribution is 2.65. The lowest BCUT2D eigenvalue weighted by Crippen LogP contribution is -2.18. The summed E-state index contributed by atoms with van der Waals surface area (Å²) in [6.07, 6.45) is 3.21. The van der Waals surface area contributed by atoms with Gasteiger partial charge >= 0.3 is 0 Å². The summed E-state index contributed by atoms with van der Waals surface area (Å²) < 4.78 is 0. The fraction of sp³-hybridized carbons (Fsp3) is 0.500. The van der Waals surface area contributed by atoms with Gasteiger partial charge in [-0.3, -0.25) is 9.88 Å². The average molecular weight is 290 g/mol. The molecule has 0 saturated heterocycles. The Morgan fingerprint density at radius 3 is 3.06 bits per heavy atom. The second-order valence-corrected chi connectivity index (χ2v) is 13.0. The molecule has 1 aliphatic heterocycles. The second kappa shape index (κ2) is 6.13. The van der Waals surface area contributed by atoms with Crippen molar-refractivity contribution in [3.8, 4) is 0 Å². The number of fused-ring (bicyclic) bond motifs is 1. The Morgan fingerprint density at radius 1 is 1.56 bits per heavy atom. The molecule has 1 aliphatic rings. The van der Waals surface area contributed by atoms with E-state index in [4.69, 9.17) is 0 Å². The summed E-state index contributed by atoms with van der Waals surface area (Å²) >= 11 is 0. The highest BCUT2D eigenvalue weighted by Gasteiger charge is 2.23. The maximum absolute atomic E-state index is 4.59. The third-order valence-corrected chi connectivity index (χ3v) is 12.7. The van der Waals surface area contributed by atoms with E-state index in [1.165, 1.54) is 29.5 Å². The zero-order valence-corrected chi connectivity index (χ0v) is 13.7. The van der Waals surface area contributed by atoms with Crippen LogP contribution in [0, 0.1) is 0 Å². The Hall–Kier alpha value is 0.830. The van der Waals surface area contributed by atoms with Crippen LogP contribution in [0.25, 0.3) is 0 Å². The molecule has 88 valence electrons. The molecule has 4 atom stereocenters. The van der Waals surface area contributed by atoms with Crippen molar-refractivity contribution in [2.45, 2.75) is 26.4 Å². The minimum absolute atomic E-state index is 0.135. The van der Waals surface area contributed by atoms with Crippen molar-refractivity contribution in [3.05, 3.63) is 23.4 Å². The normalized spacial score (nSPS) is 18.2. The van der Waals surface area contributed by atoms with Gasteiger partial charge in [0.2, 0.25) is 0 Å². The van der Waals surface area contributed by atoms with Crippen LogP contribution in [0.15, 0.2) is 12.3 Å². The number of rotatable bonds is 4. The van der Waals surface area contributed by atoms with Gasteiger partial charge in [0, 0.05) is 19.3 Å². The average Bonchev–Trinajstić information content (AvgIpc) is 2.70. The molecule has 0 spiro atoms. The fourth-order valence-electron chi connectivity index (χ4n) is 2.10. The van der Waals surface area contributed by atoms with Gasteiger partial charge in [0.1, 0.15) is 0 Å². The highest BCUT2D eigenvalue weighted by molar-refractivity contribution is 8.63. The van der Waals surface area contributed by atoms with Crippen molar-refractivity contribution in [3.63, 3.8) is 0 Å². The van der Waals surface area contributed by atoms with Crippen molar-refractivity contribution in [1.82, 2.24) is 9.88 Å². The van der Waals surface area contributed by atoms with Gasteiger partial charge in [0.25, 0.3) is 0 Å². The van der Waals surface area contributed by atoms with Crippen LogP contribution < -0.4 is 5.44 Å². The van der Waals surface area contributed by atoms with Crippen molar-refractivity contribution < 1.29 is 0 Å². The molecular formula is C10H18N2P4. The lowest BCUT2D eigenvalue weighted by molar-refractivity contribution is 0.285. The maximum atomic E-state index is 4.59. The third kappa shape index (κ3) is 2.80. The summed E-state index contributed by atoms with van der Waals surface area (Å²) in [7, 11) is 6.59. The minimum Gasteiger partial charge on any atom is -0.295 e. The van der Waals surface area contributed by atoms with Crippen LogP contribution in [0.3, 0.4) is 0 Å². The van der Waals surface area contributed by atoms with Gasteiger partial charge in [-0.15, -0.1) is 17.9 Å². The zero-order chi connectivity index (χ0) is 11.5. The topological polar surface area (TPSA) is 16.1 Å². The summed E-state index contributed by atoms with van der Waals surface area (Å²) in [5, 5.41) is 0. The Balaban J connectivity index is 2.24. The first-order chi connectivity index (χ1) is 7.76. The van der Waals surface area contributed by atoms with Gasteiger partial charge in [-0.1, -0.05) is 14.9 Å². The number of nitrogens with zero attached hydrogens (tertiary/aromatic N) is 2. The molecule has 0 radical (unpaired) electrons. The van der Waals surface area contributed by atoms with E-state index in [2.05, 4.69) is 40.7 Å². The second-order valence-electron chi connectivity index (χ2n) is 3.98. The molecule has 2 nitrogen and oxygen atoms in total. The van der Waals surface area contributed by atoms with E-state index in [0.717, 1.165) is 21.0 Å². The lowest BCUT2D eigenvalue weighted by atomic mass is 10.2. The van der Waals surface area contributed by atoms with Gasteiger partial charge in [-0.25, -0.2) is 0 Å². The highest BCUT2D eigenvalue weighted by atomic mass is 32.6. The smallest absolute Gasteiger partial charge is 0.0761 e. The van der Waals surface area contributed by atoms with Gasteiger partial charge in [0.05, 0.1) is 5.44 Å². The van der Waals surface area contributed by atoms with Gasteiger partial charge in [0.15, 0.2) is 0 Å². The predicted molar refractivity (Wildman–Crippen MR) is 82.9 cm³/mol. The first-order valence-corrected chi connectivity index (χ1v) is 12.1. The molecule has 0 aliphatic carbocycles. The van der Waals surface area contributed by atoms with E-state index in [9.17, 15) is 0 Å². The van der Waals surface area contributed by atoms with E-state index in [0.29, 0.717) is 0 Å². The number of hydrogen-bond acceptors (Lipinski definition) is 2. The van der Waals surface area contributed by atoms with Crippen LogP contribution in [-0.2, 0) is 13.1 Å². The van der Waals surface area contributed by atoms with Crippen LogP contribution in [0.1, 0.15) is 24.5 Å². The minimum atomic E-state index is -0.135. The summed E-state index contributed by atoms with van der Waals surface area (Å²) in [6.45, 7) is 5.67. The molecule has 0 amide bonds. The standard InChI is InChI=1S/C10H18N2P4/c1-2-5-12-6-8-3-4-11-10(9(8)7-12)16(14)15-13/h3-4,15H,2,5-7,13-14H2,1H3. The van der Waals surface area contributed by atoms with E-state index in [1.54, 1.807) is 0 Å². The van der Waals surface area contributed by atoms with Crippen LogP contribution in [0.2, 0.25) is 0 Å². The number of pyridine rings is 1. The van der Waals surface area contributed by atoms with Crippen molar-refractivity contribution >= 4 is 38.5 Å². The Kier molecular flexibility index (Phi) is 5.08. The molecule has 6 heteroatoms. The molecular weight excluding hydrogens is 272 g/mol. The van der Waals surface area contributed by atoms with Crippen molar-refractivity contribution in [2.75, 3.05) is 6.54 Å². The predicted octanol–water partition coefficient (Wildman–Crippen LogP) is 3.09. The van der Waals surface area contributed by atoms with Crippen LogP contribution in [-0.4, -0.2) is 16.4 Å². The molecule has 4 unspecified atom stereocenters. The van der Waals surface area contributed by atoms with Crippen molar-refractivity contribution in [1.29, 1.82) is 0 Å². The largest absolute Gasteiger partial charge is 0.295 e. The molecule has 0 aromatic carbocycles. The number of aromatic nitrogens is 1. The maximum Gasteiger partial charge on any atom is 0.0761 e. The zero-order valence-electron chi connectivity index (χ0n) is 9.48. The Morgan fingerprint density at radius 2 is 2.38 bits per heavy atom. The Labute approximate surface area is 105 Å². The molecule has 2 heterocycles. The molecule has 0 N–H and O–H groups in total. The van der Waals surface area contributed by atoms with Crippen LogP contribution >= 0.6 is 33.1 Å².